The molecule has 0 aliphatic rings. The summed E-state index contributed by atoms with van der Waals surface area (Å²) in [6.07, 6.45) is 0. The highest BCUT2D eigenvalue weighted by atomic mass is 79.9. The van der Waals surface area contributed by atoms with Crippen molar-refractivity contribution in [3.8, 4) is 0 Å². The van der Waals surface area contributed by atoms with Crippen LogP contribution >= 0.6 is 27.5 Å². The fourth-order valence-electron chi connectivity index (χ4n) is 0.730. The molecule has 0 bridgehead atoms. The van der Waals surface area contributed by atoms with Gasteiger partial charge in [0.2, 0.25) is 0 Å². The molecule has 3 N–H and O–H groups in total. The van der Waals surface area contributed by atoms with E-state index in [0.717, 1.165) is 0 Å². The van der Waals surface area contributed by atoms with Gasteiger partial charge < -0.3 is 10.8 Å². The zero-order valence-electron chi connectivity index (χ0n) is 5.84. The highest BCUT2D eigenvalue weighted by molar-refractivity contribution is 9.10. The summed E-state index contributed by atoms with van der Waals surface area (Å²) in [6, 6.07) is 2.85. The minimum absolute atomic E-state index is 0.0396. The molecule has 0 spiro atoms. The van der Waals surface area contributed by atoms with Crippen molar-refractivity contribution in [1.29, 1.82) is 0 Å². The number of hydrogen-bond acceptors (Lipinski definition) is 2. The molecule has 0 aliphatic heterocycles. The van der Waals surface area contributed by atoms with E-state index in [2.05, 4.69) is 15.9 Å². The number of anilines is 1. The molecule has 5 heteroatoms. The molecule has 0 fully saturated rings. The smallest absolute Gasteiger partial charge is 0.337 e. The largest absolute Gasteiger partial charge is 0.478 e. The Morgan fingerprint density at radius 1 is 1.58 bits per heavy atom. The Balaban J connectivity index is 3.36. The Kier molecular flexibility index (Phi) is 2.59. The van der Waals surface area contributed by atoms with Crippen molar-refractivity contribution in [2.24, 2.45) is 0 Å². The van der Waals surface area contributed by atoms with Crippen molar-refractivity contribution in [1.82, 2.24) is 0 Å². The first kappa shape index (κ1) is 9.35. The Hall–Kier alpha value is -0.740. The van der Waals surface area contributed by atoms with Crippen molar-refractivity contribution in [3.05, 3.63) is 27.2 Å². The van der Waals surface area contributed by atoms with Crippen LogP contribution in [0.4, 0.5) is 5.69 Å². The third kappa shape index (κ3) is 1.54. The van der Waals surface area contributed by atoms with Gasteiger partial charge >= 0.3 is 5.97 Å². The lowest BCUT2D eigenvalue weighted by molar-refractivity contribution is 0.0697. The Labute approximate surface area is 82.3 Å². The maximum absolute atomic E-state index is 10.5. The van der Waals surface area contributed by atoms with Crippen LogP contribution in [-0.4, -0.2) is 11.1 Å². The predicted octanol–water partition coefficient (Wildman–Crippen LogP) is 2.38. The van der Waals surface area contributed by atoms with Crippen LogP contribution in [-0.2, 0) is 0 Å². The van der Waals surface area contributed by atoms with Crippen LogP contribution in [0.1, 0.15) is 10.4 Å². The van der Waals surface area contributed by atoms with Crippen molar-refractivity contribution in [3.63, 3.8) is 0 Å². The lowest BCUT2D eigenvalue weighted by atomic mass is 10.2. The van der Waals surface area contributed by atoms with Crippen molar-refractivity contribution in [2.45, 2.75) is 0 Å². The van der Waals surface area contributed by atoms with Crippen molar-refractivity contribution in [2.75, 3.05) is 5.73 Å². The molecule has 1 aromatic rings. The van der Waals surface area contributed by atoms with Crippen molar-refractivity contribution >= 4 is 39.2 Å². The van der Waals surface area contributed by atoms with Gasteiger partial charge in [-0.25, -0.2) is 4.79 Å². The van der Waals surface area contributed by atoms with Gasteiger partial charge in [-0.1, -0.05) is 11.6 Å². The van der Waals surface area contributed by atoms with Gasteiger partial charge in [-0.05, 0) is 28.1 Å². The van der Waals surface area contributed by atoms with Gasteiger partial charge in [0.15, 0.2) is 0 Å². The number of carboxylic acid groups (broad SMARTS) is 1. The second-order valence-electron chi connectivity index (χ2n) is 2.14. The summed E-state index contributed by atoms with van der Waals surface area (Å²) in [4.78, 5) is 10.5. The minimum Gasteiger partial charge on any atom is -0.478 e. The molecule has 1 rings (SSSR count). The van der Waals surface area contributed by atoms with E-state index >= 15 is 0 Å². The van der Waals surface area contributed by atoms with Gasteiger partial charge in [-0.3, -0.25) is 0 Å². The molecule has 0 heterocycles. The summed E-state index contributed by atoms with van der Waals surface area (Å²) < 4.78 is 0.420. The quantitative estimate of drug-likeness (QED) is 0.752. The van der Waals surface area contributed by atoms with Crippen LogP contribution in [0.2, 0.25) is 5.02 Å². The second kappa shape index (κ2) is 3.33. The van der Waals surface area contributed by atoms with E-state index in [1.54, 1.807) is 0 Å². The normalized spacial score (nSPS) is 9.83. The Morgan fingerprint density at radius 3 is 2.67 bits per heavy atom. The van der Waals surface area contributed by atoms with Crippen LogP contribution in [0, 0.1) is 0 Å². The number of hydrogen-bond donors (Lipinski definition) is 2. The number of benzene rings is 1. The molecule has 12 heavy (non-hydrogen) atoms. The van der Waals surface area contributed by atoms with Gasteiger partial charge in [-0.2, -0.15) is 0 Å². The first-order valence-electron chi connectivity index (χ1n) is 3.01. The fraction of sp³-hybridized carbons (Fsp3) is 0. The van der Waals surface area contributed by atoms with E-state index in [1.807, 2.05) is 0 Å². The monoisotopic (exact) mass is 249 g/mol. The molecular formula is C7H5BrClNO2. The molecular weight excluding hydrogens is 245 g/mol. The SMILES string of the molecule is Nc1ccc(C(=O)O)c(Cl)c1Br. The zero-order chi connectivity index (χ0) is 9.30. The Morgan fingerprint density at radius 2 is 2.17 bits per heavy atom. The average molecular weight is 250 g/mol. The van der Waals surface area contributed by atoms with E-state index in [-0.39, 0.29) is 10.6 Å². The van der Waals surface area contributed by atoms with Gasteiger partial charge in [0.25, 0.3) is 0 Å². The van der Waals surface area contributed by atoms with Gasteiger partial charge in [0.1, 0.15) is 0 Å². The summed E-state index contributed by atoms with van der Waals surface area (Å²) in [5.74, 6) is -1.07. The molecule has 0 saturated heterocycles. The van der Waals surface area contributed by atoms with E-state index in [4.69, 9.17) is 22.4 Å². The summed E-state index contributed by atoms with van der Waals surface area (Å²) in [5, 5.41) is 8.76. The first-order chi connectivity index (χ1) is 5.54. The topological polar surface area (TPSA) is 63.3 Å². The molecule has 0 saturated carbocycles. The molecule has 3 nitrogen and oxygen atoms in total. The second-order valence-corrected chi connectivity index (χ2v) is 3.31. The molecule has 0 aromatic heterocycles. The van der Waals surface area contributed by atoms with Crippen molar-refractivity contribution < 1.29 is 9.90 Å². The molecule has 0 radical (unpaired) electrons. The minimum atomic E-state index is -1.07. The Bertz CT molecular complexity index is 340. The summed E-state index contributed by atoms with van der Waals surface area (Å²) in [7, 11) is 0. The number of rotatable bonds is 1. The molecule has 64 valence electrons. The maximum atomic E-state index is 10.5. The fourth-order valence-corrected chi connectivity index (χ4v) is 1.33. The number of halogens is 2. The number of aromatic carboxylic acids is 1. The lowest BCUT2D eigenvalue weighted by Crippen LogP contribution is -1.99. The standard InChI is InChI=1S/C7H5BrClNO2/c8-5-4(10)2-1-3(6(5)9)7(11)12/h1-2H,10H2,(H,11,12). The van der Waals surface area contributed by atoms with E-state index in [9.17, 15) is 4.79 Å². The number of carboxylic acids is 1. The van der Waals surface area contributed by atoms with Gasteiger partial charge in [0, 0.05) is 5.69 Å². The number of nitrogens with two attached hydrogens (primary N) is 1. The van der Waals surface area contributed by atoms with E-state index < -0.39 is 5.97 Å². The van der Waals surface area contributed by atoms with Crippen LogP contribution in [0.3, 0.4) is 0 Å². The summed E-state index contributed by atoms with van der Waals surface area (Å²) >= 11 is 8.76. The predicted molar refractivity (Wildman–Crippen MR) is 50.5 cm³/mol. The van der Waals surface area contributed by atoms with E-state index in [1.165, 1.54) is 12.1 Å². The summed E-state index contributed by atoms with van der Waals surface area (Å²) in [6.45, 7) is 0. The van der Waals surface area contributed by atoms with Crippen LogP contribution < -0.4 is 5.73 Å². The third-order valence-electron chi connectivity index (χ3n) is 1.34. The molecule has 1 aromatic carbocycles. The van der Waals surface area contributed by atoms with Crippen LogP contribution in [0.25, 0.3) is 0 Å². The first-order valence-corrected chi connectivity index (χ1v) is 4.18. The average Bonchev–Trinajstić information content (AvgIpc) is 2.00. The van der Waals surface area contributed by atoms with Gasteiger partial charge in [0.05, 0.1) is 15.1 Å². The molecule has 0 unspecified atom stereocenters. The third-order valence-corrected chi connectivity index (χ3v) is 2.82. The van der Waals surface area contributed by atoms with Crippen LogP contribution in [0.5, 0.6) is 0 Å². The zero-order valence-corrected chi connectivity index (χ0v) is 8.19. The van der Waals surface area contributed by atoms with Gasteiger partial charge in [-0.15, -0.1) is 0 Å². The number of carbonyl (C=O) groups is 1. The lowest BCUT2D eigenvalue weighted by Gasteiger charge is -2.03. The number of nitrogen functional groups attached to an aromatic ring is 1. The molecule has 0 atom stereocenters. The molecule has 0 amide bonds. The maximum Gasteiger partial charge on any atom is 0.337 e. The van der Waals surface area contributed by atoms with Crippen LogP contribution in [0.15, 0.2) is 16.6 Å². The molecule has 0 aliphatic carbocycles. The van der Waals surface area contributed by atoms with E-state index in [0.29, 0.717) is 10.2 Å². The summed E-state index contributed by atoms with van der Waals surface area (Å²) in [5.41, 5.74) is 5.93. The highest BCUT2D eigenvalue weighted by Crippen LogP contribution is 2.31. The highest BCUT2D eigenvalue weighted by Gasteiger charge is 2.12.